The average Bonchev–Trinajstić information content (AvgIpc) is 2.71. The van der Waals surface area contributed by atoms with E-state index in [4.69, 9.17) is 23.2 Å². The van der Waals surface area contributed by atoms with E-state index in [1.165, 1.54) is 0 Å². The largest absolute Gasteiger partial charge is 0.311 e. The Balaban J connectivity index is 2.18. The second-order valence-electron chi connectivity index (χ2n) is 4.51. The van der Waals surface area contributed by atoms with Crippen molar-refractivity contribution in [1.29, 1.82) is 0 Å². The van der Waals surface area contributed by atoms with Crippen LogP contribution in [0.3, 0.4) is 0 Å². The van der Waals surface area contributed by atoms with Crippen molar-refractivity contribution in [3.05, 3.63) is 45.6 Å². The minimum absolute atomic E-state index is 0.0583. The smallest absolute Gasteiger partial charge is 0.226 e. The van der Waals surface area contributed by atoms with Gasteiger partial charge in [0.15, 0.2) is 0 Å². The highest BCUT2D eigenvalue weighted by Crippen LogP contribution is 2.42. The summed E-state index contributed by atoms with van der Waals surface area (Å²) < 4.78 is 1.64. The number of nitrogens with zero attached hydrogens (tertiary/aromatic N) is 2. The lowest BCUT2D eigenvalue weighted by atomic mass is 9.87. The molecule has 1 aromatic carbocycles. The number of hydrogen-bond acceptors (Lipinski definition) is 2. The Labute approximate surface area is 120 Å². The van der Waals surface area contributed by atoms with Gasteiger partial charge in [-0.3, -0.25) is 9.48 Å². The van der Waals surface area contributed by atoms with Crippen LogP contribution in [0.25, 0.3) is 0 Å². The molecule has 1 amide bonds. The topological polar surface area (TPSA) is 46.9 Å². The maximum absolute atomic E-state index is 11.8. The van der Waals surface area contributed by atoms with Crippen LogP contribution in [0.2, 0.25) is 10.0 Å². The minimum Gasteiger partial charge on any atom is -0.311 e. The second kappa shape index (κ2) is 4.54. The number of amides is 1. The molecule has 0 fully saturated rings. The number of halogens is 2. The molecule has 4 nitrogen and oxygen atoms in total. The van der Waals surface area contributed by atoms with E-state index in [-0.39, 0.29) is 11.8 Å². The third-order valence-electron chi connectivity index (χ3n) is 3.34. The van der Waals surface area contributed by atoms with Gasteiger partial charge in [-0.05, 0) is 17.7 Å². The summed E-state index contributed by atoms with van der Waals surface area (Å²) in [6.07, 6.45) is 2.07. The summed E-state index contributed by atoms with van der Waals surface area (Å²) in [6, 6.07) is 5.36. The molecule has 1 aliphatic heterocycles. The molecule has 0 unspecified atom stereocenters. The normalized spacial score (nSPS) is 18.1. The maximum Gasteiger partial charge on any atom is 0.226 e. The third-order valence-corrected chi connectivity index (χ3v) is 4.00. The van der Waals surface area contributed by atoms with Gasteiger partial charge in [0.1, 0.15) is 5.82 Å². The van der Waals surface area contributed by atoms with Crippen LogP contribution in [0.15, 0.2) is 24.4 Å². The van der Waals surface area contributed by atoms with Gasteiger partial charge in [-0.25, -0.2) is 0 Å². The fraction of sp³-hybridized carbons (Fsp3) is 0.231. The molecule has 19 heavy (non-hydrogen) atoms. The van der Waals surface area contributed by atoms with Gasteiger partial charge in [0.25, 0.3) is 0 Å². The van der Waals surface area contributed by atoms with Gasteiger partial charge >= 0.3 is 0 Å². The predicted octanol–water partition coefficient (Wildman–Crippen LogP) is 3.20. The van der Waals surface area contributed by atoms with Crippen molar-refractivity contribution in [1.82, 2.24) is 9.78 Å². The summed E-state index contributed by atoms with van der Waals surface area (Å²) in [5, 5.41) is 8.15. The molecule has 1 N–H and O–H groups in total. The molecule has 2 heterocycles. The van der Waals surface area contributed by atoms with Gasteiger partial charge in [0.05, 0.1) is 6.20 Å². The first-order valence-corrected chi connectivity index (χ1v) is 6.59. The molecule has 6 heteroatoms. The molecule has 2 aromatic rings. The molecule has 0 radical (unpaired) electrons. The number of fused-ring (bicyclic) bond motifs is 1. The highest BCUT2D eigenvalue weighted by molar-refractivity contribution is 6.36. The van der Waals surface area contributed by atoms with E-state index in [2.05, 4.69) is 10.4 Å². The monoisotopic (exact) mass is 295 g/mol. The van der Waals surface area contributed by atoms with E-state index >= 15 is 0 Å². The highest BCUT2D eigenvalue weighted by Gasteiger charge is 2.31. The van der Waals surface area contributed by atoms with Crippen molar-refractivity contribution in [2.24, 2.45) is 7.05 Å². The lowest BCUT2D eigenvalue weighted by Gasteiger charge is -2.24. The molecule has 1 aromatic heterocycles. The molecular weight excluding hydrogens is 285 g/mol. The minimum atomic E-state index is -0.154. The average molecular weight is 296 g/mol. The third kappa shape index (κ3) is 2.01. The van der Waals surface area contributed by atoms with Gasteiger partial charge in [-0.1, -0.05) is 29.3 Å². The Morgan fingerprint density at radius 2 is 2.05 bits per heavy atom. The number of nitrogens with one attached hydrogen (secondary N) is 1. The molecule has 0 saturated heterocycles. The molecule has 0 aliphatic carbocycles. The van der Waals surface area contributed by atoms with E-state index in [1.807, 2.05) is 0 Å². The van der Waals surface area contributed by atoms with Crippen molar-refractivity contribution in [3.8, 4) is 0 Å². The van der Waals surface area contributed by atoms with Crippen molar-refractivity contribution >= 4 is 34.9 Å². The Kier molecular flexibility index (Phi) is 2.99. The molecular formula is C13H11Cl2N3O. The summed E-state index contributed by atoms with van der Waals surface area (Å²) in [6.45, 7) is 0. The molecule has 1 atom stereocenters. The number of hydrogen-bond donors (Lipinski definition) is 1. The Morgan fingerprint density at radius 3 is 2.74 bits per heavy atom. The molecule has 0 saturated carbocycles. The fourth-order valence-corrected chi connectivity index (χ4v) is 3.10. The summed E-state index contributed by atoms with van der Waals surface area (Å²) in [4.78, 5) is 11.8. The van der Waals surface area contributed by atoms with Crippen LogP contribution >= 0.6 is 23.2 Å². The standard InChI is InChI=1S/C13H11Cl2N3O/c1-18-13-8(6-16-18)7(5-11(19)17-13)12-9(14)3-2-4-10(12)15/h2-4,6-7H,5H2,1H3,(H,17,19)/t7-/m1/s1. The number of benzene rings is 1. The quantitative estimate of drug-likeness (QED) is 0.878. The van der Waals surface area contributed by atoms with Crippen LogP contribution in [0.4, 0.5) is 5.82 Å². The van der Waals surface area contributed by atoms with Gasteiger partial charge in [-0.2, -0.15) is 5.10 Å². The van der Waals surface area contributed by atoms with Crippen LogP contribution in [0.1, 0.15) is 23.5 Å². The maximum atomic E-state index is 11.8. The van der Waals surface area contributed by atoms with Crippen molar-refractivity contribution in [2.75, 3.05) is 5.32 Å². The van der Waals surface area contributed by atoms with Crippen LogP contribution < -0.4 is 5.32 Å². The number of aryl methyl sites for hydroxylation is 1. The SMILES string of the molecule is Cn1ncc2c1NC(=O)C[C@H]2c1c(Cl)cccc1Cl. The first kappa shape index (κ1) is 12.5. The zero-order valence-corrected chi connectivity index (χ0v) is 11.7. The van der Waals surface area contributed by atoms with Gasteiger partial charge in [0, 0.05) is 35.0 Å². The van der Waals surface area contributed by atoms with E-state index in [0.717, 1.165) is 11.1 Å². The molecule has 3 rings (SSSR count). The zero-order chi connectivity index (χ0) is 13.6. The van der Waals surface area contributed by atoms with Crippen molar-refractivity contribution in [3.63, 3.8) is 0 Å². The number of aromatic nitrogens is 2. The van der Waals surface area contributed by atoms with Crippen LogP contribution in [0, 0.1) is 0 Å². The summed E-state index contributed by atoms with van der Waals surface area (Å²) in [5.74, 6) is 0.493. The number of rotatable bonds is 1. The Morgan fingerprint density at radius 1 is 1.37 bits per heavy atom. The van der Waals surface area contributed by atoms with Crippen molar-refractivity contribution in [2.45, 2.75) is 12.3 Å². The van der Waals surface area contributed by atoms with E-state index in [9.17, 15) is 4.79 Å². The lowest BCUT2D eigenvalue weighted by Crippen LogP contribution is -2.24. The van der Waals surface area contributed by atoms with E-state index in [1.54, 1.807) is 36.1 Å². The molecule has 98 valence electrons. The molecule has 1 aliphatic rings. The summed E-state index contributed by atoms with van der Waals surface area (Å²) in [5.41, 5.74) is 1.73. The second-order valence-corrected chi connectivity index (χ2v) is 5.33. The van der Waals surface area contributed by atoms with Gasteiger partial charge in [-0.15, -0.1) is 0 Å². The van der Waals surface area contributed by atoms with Gasteiger partial charge < -0.3 is 5.32 Å². The summed E-state index contributed by atoms with van der Waals surface area (Å²) >= 11 is 12.5. The Bertz CT molecular complexity index is 646. The zero-order valence-electron chi connectivity index (χ0n) is 10.2. The highest BCUT2D eigenvalue weighted by atomic mass is 35.5. The van der Waals surface area contributed by atoms with Crippen LogP contribution in [-0.4, -0.2) is 15.7 Å². The lowest BCUT2D eigenvalue weighted by molar-refractivity contribution is -0.116. The summed E-state index contributed by atoms with van der Waals surface area (Å²) in [7, 11) is 1.79. The van der Waals surface area contributed by atoms with Gasteiger partial charge in [0.2, 0.25) is 5.91 Å². The first-order chi connectivity index (χ1) is 9.08. The fourth-order valence-electron chi connectivity index (χ4n) is 2.44. The van der Waals surface area contributed by atoms with Crippen LogP contribution in [0.5, 0.6) is 0 Å². The number of carbonyl (C=O) groups is 1. The Hall–Kier alpha value is -1.52. The number of anilines is 1. The first-order valence-electron chi connectivity index (χ1n) is 5.83. The van der Waals surface area contributed by atoms with Crippen molar-refractivity contribution < 1.29 is 4.79 Å². The predicted molar refractivity (Wildman–Crippen MR) is 74.8 cm³/mol. The number of carbonyl (C=O) groups excluding carboxylic acids is 1. The molecule has 0 bridgehead atoms. The van der Waals surface area contributed by atoms with E-state index < -0.39 is 0 Å². The van der Waals surface area contributed by atoms with Crippen LogP contribution in [-0.2, 0) is 11.8 Å². The molecule has 0 spiro atoms. The van der Waals surface area contributed by atoms with E-state index in [0.29, 0.717) is 22.3 Å².